The van der Waals surface area contributed by atoms with E-state index >= 15 is 0 Å². The number of hydrogen-bond donors (Lipinski definition) is 4. The minimum Gasteiger partial charge on any atom is -0.453 e. The lowest BCUT2D eigenvalue weighted by Crippen LogP contribution is -2.51. The van der Waals surface area contributed by atoms with Gasteiger partial charge in [0.2, 0.25) is 11.8 Å². The van der Waals surface area contributed by atoms with E-state index in [0.717, 1.165) is 34.4 Å². The van der Waals surface area contributed by atoms with E-state index in [-0.39, 0.29) is 47.6 Å². The summed E-state index contributed by atoms with van der Waals surface area (Å²) in [6, 6.07) is 13.5. The number of carbonyl (C=O) groups is 4. The second-order valence-electron chi connectivity index (χ2n) is 16.3. The Labute approximate surface area is 350 Å². The van der Waals surface area contributed by atoms with Crippen LogP contribution in [-0.2, 0) is 19.1 Å². The molecule has 2 aliphatic rings. The maximum Gasteiger partial charge on any atom is 0.407 e. The molecule has 0 radical (unpaired) electrons. The van der Waals surface area contributed by atoms with E-state index in [9.17, 15) is 19.2 Å². The summed E-state index contributed by atoms with van der Waals surface area (Å²) >= 11 is 6.70. The van der Waals surface area contributed by atoms with Crippen LogP contribution in [0, 0.1) is 35.5 Å². The predicted molar refractivity (Wildman–Crippen MR) is 224 cm³/mol. The molecule has 0 spiro atoms. The first-order chi connectivity index (χ1) is 28.2. The number of imidazole rings is 2. The van der Waals surface area contributed by atoms with E-state index in [2.05, 4.69) is 51.3 Å². The molecule has 4 heterocycles. The molecule has 59 heavy (non-hydrogen) atoms. The number of amides is 4. The number of hydrogen-bond acceptors (Lipinski definition) is 8. The van der Waals surface area contributed by atoms with Crippen LogP contribution in [0.2, 0.25) is 5.15 Å². The van der Waals surface area contributed by atoms with Gasteiger partial charge in [-0.25, -0.2) is 19.6 Å². The third kappa shape index (κ3) is 9.74. The van der Waals surface area contributed by atoms with E-state index in [1.54, 1.807) is 11.1 Å². The number of halogens is 1. The van der Waals surface area contributed by atoms with E-state index in [1.807, 2.05) is 81.1 Å². The van der Waals surface area contributed by atoms with Gasteiger partial charge in [-0.3, -0.25) is 9.59 Å². The lowest BCUT2D eigenvalue weighted by atomic mass is 10.0. The van der Waals surface area contributed by atoms with Gasteiger partial charge >= 0.3 is 12.2 Å². The number of methoxy groups -OCH3 is 2. The van der Waals surface area contributed by atoms with Crippen molar-refractivity contribution in [1.82, 2.24) is 40.4 Å². The van der Waals surface area contributed by atoms with Crippen molar-refractivity contribution in [3.05, 3.63) is 82.7 Å². The number of nitrogens with one attached hydrogen (secondary N) is 4. The van der Waals surface area contributed by atoms with Gasteiger partial charge in [0.05, 0.1) is 38.2 Å². The fraction of sp³-hybridized carbons (Fsp3) is 0.455. The van der Waals surface area contributed by atoms with Crippen LogP contribution in [0.3, 0.4) is 0 Å². The Morgan fingerprint density at radius 3 is 1.64 bits per heavy atom. The molecule has 15 heteroatoms. The molecule has 2 aromatic heterocycles. The van der Waals surface area contributed by atoms with E-state index in [1.165, 1.54) is 14.2 Å². The molecule has 0 saturated carbocycles. The van der Waals surface area contributed by atoms with Gasteiger partial charge in [0.15, 0.2) is 0 Å². The molecule has 2 saturated heterocycles. The summed E-state index contributed by atoms with van der Waals surface area (Å²) in [5, 5.41) is 5.76. The summed E-state index contributed by atoms with van der Waals surface area (Å²) in [6.07, 6.45) is 1.95. The normalized spacial score (nSPS) is 19.9. The molecule has 6 atom stereocenters. The molecule has 14 nitrogen and oxygen atoms in total. The zero-order valence-corrected chi connectivity index (χ0v) is 35.5. The van der Waals surface area contributed by atoms with Gasteiger partial charge in [-0.15, -0.1) is 0 Å². The highest BCUT2D eigenvalue weighted by Crippen LogP contribution is 2.38. The Balaban J connectivity index is 1.11. The van der Waals surface area contributed by atoms with Crippen LogP contribution in [0.5, 0.6) is 0 Å². The Hall–Kier alpha value is -5.81. The number of nitrogens with zero attached hydrogens (tertiary/aromatic N) is 4. The number of rotatable bonds is 10. The van der Waals surface area contributed by atoms with Gasteiger partial charge in [-0.05, 0) is 66.3 Å². The topological polar surface area (TPSA) is 175 Å². The van der Waals surface area contributed by atoms with E-state index in [4.69, 9.17) is 26.1 Å². The van der Waals surface area contributed by atoms with Crippen molar-refractivity contribution < 1.29 is 28.7 Å². The first kappa shape index (κ1) is 42.8. The molecule has 4 N–H and O–H groups in total. The summed E-state index contributed by atoms with van der Waals surface area (Å²) < 4.78 is 9.53. The first-order valence-electron chi connectivity index (χ1n) is 20.0. The van der Waals surface area contributed by atoms with Gasteiger partial charge in [-0.2, -0.15) is 0 Å². The quantitative estimate of drug-likeness (QED) is 0.123. The van der Waals surface area contributed by atoms with Crippen molar-refractivity contribution >= 4 is 35.6 Å². The first-order valence-corrected chi connectivity index (χ1v) is 20.4. The smallest absolute Gasteiger partial charge is 0.407 e. The number of ether oxygens (including phenoxy) is 2. The summed E-state index contributed by atoms with van der Waals surface area (Å²) in [4.78, 5) is 71.1. The molecule has 2 aliphatic heterocycles. The van der Waals surface area contributed by atoms with Crippen LogP contribution < -0.4 is 10.6 Å². The zero-order chi connectivity index (χ0) is 42.5. The average molecular weight is 825 g/mol. The van der Waals surface area contributed by atoms with Crippen LogP contribution in [0.1, 0.15) is 89.2 Å². The molecule has 2 fully saturated rings. The third-order valence-corrected chi connectivity index (χ3v) is 11.3. The Bertz CT molecular complexity index is 2210. The van der Waals surface area contributed by atoms with Crippen LogP contribution in [0.4, 0.5) is 9.59 Å². The van der Waals surface area contributed by atoms with Crippen molar-refractivity contribution in [1.29, 1.82) is 0 Å². The van der Waals surface area contributed by atoms with Gasteiger partial charge < -0.3 is 39.9 Å². The van der Waals surface area contributed by atoms with E-state index in [0.29, 0.717) is 42.0 Å². The Morgan fingerprint density at radius 1 is 0.729 bits per heavy atom. The standard InChI is InChI=1S/C44H53ClN8O6/c1-24(2)35(49-43(56)58-7)41(54)52-22-26(5)19-33(52)39-46-21-32(47-39)30-15-11-28(12-16-30)9-10-29-13-17-31(18-14-29)37-38(45)51-40(48-37)34-20-27(6)23-53(34)42(55)36(25(3)4)50-44(57)59-8/h11-18,21,24-27,33-36H,19-20,22-23H2,1-8H3,(H,46,47)(H,48,51)(H,49,56)(H,50,57)/t26-,27-,33-,34-,35-,36-/m0/s1. The second-order valence-corrected chi connectivity index (χ2v) is 16.7. The van der Waals surface area contributed by atoms with Crippen molar-refractivity contribution in [2.75, 3.05) is 27.3 Å². The molecule has 2 aromatic carbocycles. The molecule has 0 aliphatic carbocycles. The number of carbonyl (C=O) groups excluding carboxylic acids is 4. The molecular weight excluding hydrogens is 772 g/mol. The number of aromatic nitrogens is 4. The van der Waals surface area contributed by atoms with E-state index < -0.39 is 24.3 Å². The highest BCUT2D eigenvalue weighted by molar-refractivity contribution is 6.31. The SMILES string of the molecule is COC(=O)N[C@H](C(=O)N1C[C@@H](C)C[C@H]1c1ncc(-c2ccc(C#Cc3ccc(-c4nc([C@@H]5C[C@H](C)CN5C(=O)[C@@H](NC(=O)OC)C(C)C)[nH]c4Cl)cc3)cc2)[nH]1)C(C)C. The fourth-order valence-corrected chi connectivity index (χ4v) is 8.06. The molecular formula is C44H53ClN8O6. The van der Waals surface area contributed by atoms with Crippen LogP contribution in [0.25, 0.3) is 22.5 Å². The summed E-state index contributed by atoms with van der Waals surface area (Å²) in [5.74, 6) is 7.65. The number of H-pyrrole nitrogens is 2. The van der Waals surface area contributed by atoms with Crippen LogP contribution in [0.15, 0.2) is 54.7 Å². The van der Waals surface area contributed by atoms with Crippen molar-refractivity contribution in [2.24, 2.45) is 23.7 Å². The molecule has 6 rings (SSSR count). The molecule has 0 bridgehead atoms. The molecule has 312 valence electrons. The summed E-state index contributed by atoms with van der Waals surface area (Å²) in [7, 11) is 2.56. The lowest BCUT2D eigenvalue weighted by Gasteiger charge is -2.30. The molecule has 4 aromatic rings. The van der Waals surface area contributed by atoms with Gasteiger partial charge in [0, 0.05) is 29.8 Å². The maximum absolute atomic E-state index is 13.7. The van der Waals surface area contributed by atoms with Gasteiger partial charge in [0.1, 0.15) is 34.6 Å². The minimum absolute atomic E-state index is 0.122. The summed E-state index contributed by atoms with van der Waals surface area (Å²) in [6.45, 7) is 12.8. The fourth-order valence-electron chi connectivity index (χ4n) is 7.81. The predicted octanol–water partition coefficient (Wildman–Crippen LogP) is 7.10. The minimum atomic E-state index is -0.739. The van der Waals surface area contributed by atoms with Crippen LogP contribution in [-0.4, -0.2) is 93.1 Å². The molecule has 0 unspecified atom stereocenters. The second kappa shape index (κ2) is 18.4. The Morgan fingerprint density at radius 2 is 1.19 bits per heavy atom. The number of alkyl carbamates (subject to hydrolysis) is 2. The highest BCUT2D eigenvalue weighted by Gasteiger charge is 2.42. The maximum atomic E-state index is 13.7. The number of aromatic amines is 2. The van der Waals surface area contributed by atoms with Crippen molar-refractivity contribution in [2.45, 2.75) is 78.6 Å². The largest absolute Gasteiger partial charge is 0.453 e. The summed E-state index contributed by atoms with van der Waals surface area (Å²) in [5.41, 5.74) is 4.79. The van der Waals surface area contributed by atoms with Gasteiger partial charge in [-0.1, -0.05) is 89.2 Å². The highest BCUT2D eigenvalue weighted by atomic mass is 35.5. The van der Waals surface area contributed by atoms with Crippen molar-refractivity contribution in [3.8, 4) is 34.4 Å². The number of likely N-dealkylation sites (tertiary alicyclic amines) is 2. The lowest BCUT2D eigenvalue weighted by molar-refractivity contribution is -0.136. The van der Waals surface area contributed by atoms with Gasteiger partial charge in [0.25, 0.3) is 0 Å². The average Bonchev–Trinajstić information content (AvgIpc) is 4.03. The Kier molecular flexibility index (Phi) is 13.4. The van der Waals surface area contributed by atoms with Crippen molar-refractivity contribution in [3.63, 3.8) is 0 Å². The molecule has 4 amide bonds. The monoisotopic (exact) mass is 824 g/mol. The zero-order valence-electron chi connectivity index (χ0n) is 34.8. The number of benzene rings is 2. The third-order valence-electron chi connectivity index (χ3n) is 11.0. The van der Waals surface area contributed by atoms with Crippen LogP contribution >= 0.6 is 11.6 Å².